The van der Waals surface area contributed by atoms with Gasteiger partial charge in [0, 0.05) is 5.56 Å². The van der Waals surface area contributed by atoms with Crippen molar-refractivity contribution in [1.82, 2.24) is 0 Å². The summed E-state index contributed by atoms with van der Waals surface area (Å²) in [5.41, 5.74) is 2.21. The SMILES string of the molecule is CC(=O)c1cccc(C2CCCC2)c1. The molecule has 0 heterocycles. The number of carbonyl (C=O) groups is 1. The molecule has 1 aromatic carbocycles. The normalized spacial score (nSPS) is 17.2. The number of rotatable bonds is 2. The van der Waals surface area contributed by atoms with Crippen molar-refractivity contribution in [3.05, 3.63) is 35.4 Å². The highest BCUT2D eigenvalue weighted by Crippen LogP contribution is 2.34. The van der Waals surface area contributed by atoms with Crippen LogP contribution in [0.4, 0.5) is 0 Å². The molecule has 1 heteroatoms. The lowest BCUT2D eigenvalue weighted by Crippen LogP contribution is -1.97. The van der Waals surface area contributed by atoms with Gasteiger partial charge < -0.3 is 0 Å². The third kappa shape index (κ3) is 1.87. The summed E-state index contributed by atoms with van der Waals surface area (Å²) in [5.74, 6) is 0.874. The van der Waals surface area contributed by atoms with Crippen molar-refractivity contribution in [1.29, 1.82) is 0 Å². The van der Waals surface area contributed by atoms with E-state index in [1.165, 1.54) is 31.2 Å². The van der Waals surface area contributed by atoms with Crippen molar-refractivity contribution in [3.63, 3.8) is 0 Å². The van der Waals surface area contributed by atoms with Crippen molar-refractivity contribution in [3.8, 4) is 0 Å². The highest BCUT2D eigenvalue weighted by Gasteiger charge is 2.17. The molecule has 0 aromatic heterocycles. The number of hydrogen-bond donors (Lipinski definition) is 0. The monoisotopic (exact) mass is 188 g/mol. The Bertz CT molecular complexity index is 335. The van der Waals surface area contributed by atoms with Gasteiger partial charge in [0.15, 0.2) is 5.78 Å². The maximum Gasteiger partial charge on any atom is 0.159 e. The maximum absolute atomic E-state index is 11.2. The van der Waals surface area contributed by atoms with Gasteiger partial charge in [0.1, 0.15) is 0 Å². The highest BCUT2D eigenvalue weighted by molar-refractivity contribution is 5.94. The molecule has 1 aliphatic carbocycles. The standard InChI is InChI=1S/C13H16O/c1-10(14)12-7-4-8-13(9-12)11-5-2-3-6-11/h4,7-9,11H,2-3,5-6H2,1H3. The minimum atomic E-state index is 0.171. The van der Waals surface area contributed by atoms with E-state index in [2.05, 4.69) is 12.1 Å². The van der Waals surface area contributed by atoms with Crippen LogP contribution in [0.5, 0.6) is 0 Å². The van der Waals surface area contributed by atoms with Crippen molar-refractivity contribution in [2.24, 2.45) is 0 Å². The van der Waals surface area contributed by atoms with E-state index in [-0.39, 0.29) is 5.78 Å². The van der Waals surface area contributed by atoms with E-state index in [1.807, 2.05) is 12.1 Å². The largest absolute Gasteiger partial charge is 0.295 e. The predicted molar refractivity (Wildman–Crippen MR) is 57.7 cm³/mol. The Kier molecular flexibility index (Phi) is 2.67. The molecular weight excluding hydrogens is 172 g/mol. The molecule has 1 aliphatic rings. The Morgan fingerprint density at radius 3 is 2.64 bits per heavy atom. The van der Waals surface area contributed by atoms with Gasteiger partial charge in [0.05, 0.1) is 0 Å². The molecular formula is C13H16O. The minimum Gasteiger partial charge on any atom is -0.295 e. The van der Waals surface area contributed by atoms with Crippen LogP contribution in [0, 0.1) is 0 Å². The summed E-state index contributed by atoms with van der Waals surface area (Å²) in [4.78, 5) is 11.2. The molecule has 14 heavy (non-hydrogen) atoms. The van der Waals surface area contributed by atoms with Crippen LogP contribution >= 0.6 is 0 Å². The predicted octanol–water partition coefficient (Wildman–Crippen LogP) is 3.55. The fourth-order valence-corrected chi connectivity index (χ4v) is 2.27. The van der Waals surface area contributed by atoms with Gasteiger partial charge in [0.25, 0.3) is 0 Å². The zero-order valence-electron chi connectivity index (χ0n) is 8.62. The molecule has 2 rings (SSSR count). The van der Waals surface area contributed by atoms with Crippen LogP contribution in [-0.2, 0) is 0 Å². The molecule has 0 amide bonds. The summed E-state index contributed by atoms with van der Waals surface area (Å²) in [6, 6.07) is 8.13. The maximum atomic E-state index is 11.2. The smallest absolute Gasteiger partial charge is 0.159 e. The second kappa shape index (κ2) is 3.95. The first kappa shape index (κ1) is 9.45. The number of ketones is 1. The molecule has 1 aromatic rings. The van der Waals surface area contributed by atoms with Crippen molar-refractivity contribution in [2.45, 2.75) is 38.5 Å². The number of Topliss-reactive ketones (excluding diaryl/α,β-unsaturated/α-hetero) is 1. The second-order valence-electron chi connectivity index (χ2n) is 4.16. The fraction of sp³-hybridized carbons (Fsp3) is 0.462. The number of hydrogen-bond acceptors (Lipinski definition) is 1. The van der Waals surface area contributed by atoms with E-state index in [9.17, 15) is 4.79 Å². The summed E-state index contributed by atoms with van der Waals surface area (Å²) in [7, 11) is 0. The van der Waals surface area contributed by atoms with Gasteiger partial charge in [-0.15, -0.1) is 0 Å². The van der Waals surface area contributed by atoms with Gasteiger partial charge in [0.2, 0.25) is 0 Å². The summed E-state index contributed by atoms with van der Waals surface area (Å²) in [6.07, 6.45) is 5.27. The van der Waals surface area contributed by atoms with Gasteiger partial charge in [-0.3, -0.25) is 4.79 Å². The number of benzene rings is 1. The average Bonchev–Trinajstić information content (AvgIpc) is 2.71. The molecule has 0 aliphatic heterocycles. The Morgan fingerprint density at radius 2 is 2.00 bits per heavy atom. The lowest BCUT2D eigenvalue weighted by molar-refractivity contribution is 0.101. The van der Waals surface area contributed by atoms with Gasteiger partial charge in [-0.1, -0.05) is 31.0 Å². The molecule has 74 valence electrons. The van der Waals surface area contributed by atoms with Crippen molar-refractivity contribution < 1.29 is 4.79 Å². The van der Waals surface area contributed by atoms with E-state index in [0.29, 0.717) is 5.92 Å². The van der Waals surface area contributed by atoms with E-state index >= 15 is 0 Å². The minimum absolute atomic E-state index is 0.171. The topological polar surface area (TPSA) is 17.1 Å². The van der Waals surface area contributed by atoms with E-state index in [0.717, 1.165) is 5.56 Å². The van der Waals surface area contributed by atoms with E-state index in [1.54, 1.807) is 6.92 Å². The average molecular weight is 188 g/mol. The van der Waals surface area contributed by atoms with Crippen LogP contribution in [0.3, 0.4) is 0 Å². The Balaban J connectivity index is 2.25. The van der Waals surface area contributed by atoms with Gasteiger partial charge in [-0.25, -0.2) is 0 Å². The third-order valence-corrected chi connectivity index (χ3v) is 3.12. The third-order valence-electron chi connectivity index (χ3n) is 3.12. The summed E-state index contributed by atoms with van der Waals surface area (Å²) >= 11 is 0. The van der Waals surface area contributed by atoms with Crippen LogP contribution in [0.15, 0.2) is 24.3 Å². The van der Waals surface area contributed by atoms with Crippen LogP contribution in [0.2, 0.25) is 0 Å². The van der Waals surface area contributed by atoms with E-state index < -0.39 is 0 Å². The Hall–Kier alpha value is -1.11. The summed E-state index contributed by atoms with van der Waals surface area (Å²) in [5, 5.41) is 0. The van der Waals surface area contributed by atoms with Crippen LogP contribution in [0.25, 0.3) is 0 Å². The van der Waals surface area contributed by atoms with E-state index in [4.69, 9.17) is 0 Å². The van der Waals surface area contributed by atoms with Crippen molar-refractivity contribution in [2.75, 3.05) is 0 Å². The number of carbonyl (C=O) groups excluding carboxylic acids is 1. The first-order valence-corrected chi connectivity index (χ1v) is 5.38. The molecule has 0 atom stereocenters. The lowest BCUT2D eigenvalue weighted by atomic mass is 9.95. The molecule has 0 unspecified atom stereocenters. The summed E-state index contributed by atoms with van der Waals surface area (Å²) < 4.78 is 0. The fourth-order valence-electron chi connectivity index (χ4n) is 2.27. The molecule has 1 fully saturated rings. The van der Waals surface area contributed by atoms with Crippen molar-refractivity contribution >= 4 is 5.78 Å². The highest BCUT2D eigenvalue weighted by atomic mass is 16.1. The first-order chi connectivity index (χ1) is 6.77. The van der Waals surface area contributed by atoms with Crippen LogP contribution in [0.1, 0.15) is 54.4 Å². The Labute approximate surface area is 85.1 Å². The molecule has 0 saturated heterocycles. The molecule has 0 radical (unpaired) electrons. The van der Waals surface area contributed by atoms with Gasteiger partial charge in [-0.2, -0.15) is 0 Å². The first-order valence-electron chi connectivity index (χ1n) is 5.38. The second-order valence-corrected chi connectivity index (χ2v) is 4.16. The molecule has 0 bridgehead atoms. The van der Waals surface area contributed by atoms with Gasteiger partial charge >= 0.3 is 0 Å². The molecule has 0 N–H and O–H groups in total. The lowest BCUT2D eigenvalue weighted by Gasteiger charge is -2.09. The zero-order chi connectivity index (χ0) is 9.97. The molecule has 1 nitrogen and oxygen atoms in total. The van der Waals surface area contributed by atoms with Gasteiger partial charge in [-0.05, 0) is 37.3 Å². The molecule has 1 saturated carbocycles. The zero-order valence-corrected chi connectivity index (χ0v) is 8.62. The van der Waals surface area contributed by atoms with Crippen LogP contribution in [-0.4, -0.2) is 5.78 Å². The molecule has 0 spiro atoms. The Morgan fingerprint density at radius 1 is 1.29 bits per heavy atom. The van der Waals surface area contributed by atoms with Crippen LogP contribution < -0.4 is 0 Å². The summed E-state index contributed by atoms with van der Waals surface area (Å²) in [6.45, 7) is 1.63. The quantitative estimate of drug-likeness (QED) is 0.649.